The summed E-state index contributed by atoms with van der Waals surface area (Å²) in [7, 11) is 0. The maximum absolute atomic E-state index is 10.7. The Kier molecular flexibility index (Phi) is 4.24. The Morgan fingerprint density at radius 3 is 2.90 bits per heavy atom. The standard InChI is InChI=1S/C16H23N3O2/c20-12-13-2-1-3-14(10-13)19-15(4-7-18-19)11-16(21)5-8-17-9-6-16/h1-3,7,10,15,17,20-21H,4-6,8-9,11-12H2. The molecule has 0 spiro atoms. The first-order valence-electron chi connectivity index (χ1n) is 7.65. The Labute approximate surface area is 125 Å². The van der Waals surface area contributed by atoms with Gasteiger partial charge in [-0.15, -0.1) is 0 Å². The van der Waals surface area contributed by atoms with Gasteiger partial charge in [-0.05, 0) is 50.0 Å². The van der Waals surface area contributed by atoms with E-state index in [1.165, 1.54) is 0 Å². The quantitative estimate of drug-likeness (QED) is 0.780. The number of benzene rings is 1. The Hall–Kier alpha value is -1.43. The number of anilines is 1. The molecule has 2 aliphatic heterocycles. The van der Waals surface area contributed by atoms with E-state index in [4.69, 9.17) is 0 Å². The van der Waals surface area contributed by atoms with Crippen LogP contribution < -0.4 is 10.3 Å². The van der Waals surface area contributed by atoms with Gasteiger partial charge in [0.15, 0.2) is 0 Å². The van der Waals surface area contributed by atoms with Gasteiger partial charge in [-0.1, -0.05) is 12.1 Å². The van der Waals surface area contributed by atoms with E-state index >= 15 is 0 Å². The molecule has 5 heteroatoms. The normalized spacial score (nSPS) is 24.5. The van der Waals surface area contributed by atoms with Crippen LogP contribution in [0.25, 0.3) is 0 Å². The highest BCUT2D eigenvalue weighted by Gasteiger charge is 2.35. The van der Waals surface area contributed by atoms with Crippen molar-refractivity contribution in [2.24, 2.45) is 5.10 Å². The Balaban J connectivity index is 1.73. The van der Waals surface area contributed by atoms with Crippen LogP contribution in [0.4, 0.5) is 5.69 Å². The number of aliphatic hydroxyl groups excluding tert-OH is 1. The molecule has 1 unspecified atom stereocenters. The lowest BCUT2D eigenvalue weighted by Crippen LogP contribution is -2.46. The summed E-state index contributed by atoms with van der Waals surface area (Å²) >= 11 is 0. The highest BCUT2D eigenvalue weighted by Crippen LogP contribution is 2.31. The minimum Gasteiger partial charge on any atom is -0.392 e. The van der Waals surface area contributed by atoms with Crippen LogP contribution in [0.5, 0.6) is 0 Å². The molecule has 1 atom stereocenters. The van der Waals surface area contributed by atoms with Crippen LogP contribution in [-0.4, -0.2) is 41.2 Å². The summed E-state index contributed by atoms with van der Waals surface area (Å²) in [5, 5.41) is 29.7. The van der Waals surface area contributed by atoms with Gasteiger partial charge in [0.05, 0.1) is 23.9 Å². The van der Waals surface area contributed by atoms with Crippen molar-refractivity contribution in [1.29, 1.82) is 0 Å². The number of hydrazone groups is 1. The zero-order valence-corrected chi connectivity index (χ0v) is 12.2. The number of piperidine rings is 1. The molecule has 2 aliphatic rings. The van der Waals surface area contributed by atoms with Crippen LogP contribution >= 0.6 is 0 Å². The van der Waals surface area contributed by atoms with E-state index < -0.39 is 5.60 Å². The zero-order valence-electron chi connectivity index (χ0n) is 12.2. The Morgan fingerprint density at radius 1 is 1.33 bits per heavy atom. The van der Waals surface area contributed by atoms with Crippen molar-refractivity contribution in [3.63, 3.8) is 0 Å². The molecular weight excluding hydrogens is 266 g/mol. The van der Waals surface area contributed by atoms with Crippen molar-refractivity contribution in [3.8, 4) is 0 Å². The molecule has 0 bridgehead atoms. The minimum atomic E-state index is -0.587. The van der Waals surface area contributed by atoms with Gasteiger partial charge in [0.2, 0.25) is 0 Å². The lowest BCUT2D eigenvalue weighted by atomic mass is 9.85. The Bertz CT molecular complexity index is 512. The van der Waals surface area contributed by atoms with Crippen molar-refractivity contribution < 1.29 is 10.2 Å². The molecule has 114 valence electrons. The van der Waals surface area contributed by atoms with E-state index in [0.29, 0.717) is 0 Å². The van der Waals surface area contributed by atoms with Crippen molar-refractivity contribution in [2.75, 3.05) is 18.1 Å². The molecule has 0 radical (unpaired) electrons. The van der Waals surface area contributed by atoms with Gasteiger partial charge >= 0.3 is 0 Å². The van der Waals surface area contributed by atoms with Gasteiger partial charge in [0, 0.05) is 12.6 Å². The molecular formula is C16H23N3O2. The predicted octanol–water partition coefficient (Wildman–Crippen LogP) is 1.25. The van der Waals surface area contributed by atoms with Gasteiger partial charge in [-0.3, -0.25) is 5.01 Å². The highest BCUT2D eigenvalue weighted by molar-refractivity contribution is 5.67. The van der Waals surface area contributed by atoms with Crippen molar-refractivity contribution in [1.82, 2.24) is 5.32 Å². The van der Waals surface area contributed by atoms with Gasteiger partial charge in [0.25, 0.3) is 0 Å². The summed E-state index contributed by atoms with van der Waals surface area (Å²) in [5.74, 6) is 0. The van der Waals surface area contributed by atoms with Crippen LogP contribution in [0.3, 0.4) is 0 Å². The molecule has 0 amide bonds. The topological polar surface area (TPSA) is 68.1 Å². The largest absolute Gasteiger partial charge is 0.392 e. The molecule has 1 saturated heterocycles. The van der Waals surface area contributed by atoms with Crippen LogP contribution in [0, 0.1) is 0 Å². The molecule has 1 aromatic carbocycles. The number of rotatable bonds is 4. The van der Waals surface area contributed by atoms with Gasteiger partial charge in [-0.25, -0.2) is 0 Å². The van der Waals surface area contributed by atoms with E-state index in [2.05, 4.69) is 10.4 Å². The number of nitrogens with one attached hydrogen (secondary N) is 1. The number of aliphatic hydroxyl groups is 2. The molecule has 21 heavy (non-hydrogen) atoms. The van der Waals surface area contributed by atoms with E-state index in [-0.39, 0.29) is 12.6 Å². The summed E-state index contributed by atoms with van der Waals surface area (Å²) in [6, 6.07) is 8.00. The average Bonchev–Trinajstić information content (AvgIpc) is 2.95. The summed E-state index contributed by atoms with van der Waals surface area (Å²) in [6.45, 7) is 1.79. The second-order valence-corrected chi connectivity index (χ2v) is 6.04. The first kappa shape index (κ1) is 14.5. The average molecular weight is 289 g/mol. The Morgan fingerprint density at radius 2 is 2.14 bits per heavy atom. The minimum absolute atomic E-state index is 0.0334. The van der Waals surface area contributed by atoms with Crippen LogP contribution in [0.1, 0.15) is 31.2 Å². The molecule has 0 saturated carbocycles. The summed E-state index contributed by atoms with van der Waals surface area (Å²) in [4.78, 5) is 0. The van der Waals surface area contributed by atoms with E-state index in [0.717, 1.165) is 50.0 Å². The third-order valence-corrected chi connectivity index (χ3v) is 4.44. The van der Waals surface area contributed by atoms with Crippen molar-refractivity contribution >= 4 is 11.9 Å². The lowest BCUT2D eigenvalue weighted by Gasteiger charge is -2.36. The van der Waals surface area contributed by atoms with Crippen molar-refractivity contribution in [2.45, 2.75) is 43.9 Å². The summed E-state index contributed by atoms with van der Waals surface area (Å²) in [6.07, 6.45) is 5.11. The van der Waals surface area contributed by atoms with Gasteiger partial charge in [0.1, 0.15) is 0 Å². The molecule has 3 rings (SSSR count). The predicted molar refractivity (Wildman–Crippen MR) is 83.4 cm³/mol. The maximum Gasteiger partial charge on any atom is 0.0692 e. The molecule has 3 N–H and O–H groups in total. The van der Waals surface area contributed by atoms with E-state index in [1.807, 2.05) is 35.5 Å². The fourth-order valence-corrected chi connectivity index (χ4v) is 3.23. The molecule has 2 heterocycles. The second kappa shape index (κ2) is 6.13. The first-order valence-corrected chi connectivity index (χ1v) is 7.65. The molecule has 1 fully saturated rings. The molecule has 5 nitrogen and oxygen atoms in total. The lowest BCUT2D eigenvalue weighted by molar-refractivity contribution is -0.00268. The molecule has 1 aromatic rings. The van der Waals surface area contributed by atoms with Gasteiger partial charge < -0.3 is 15.5 Å². The van der Waals surface area contributed by atoms with Crippen LogP contribution in [-0.2, 0) is 6.61 Å². The monoisotopic (exact) mass is 289 g/mol. The van der Waals surface area contributed by atoms with E-state index in [9.17, 15) is 10.2 Å². The maximum atomic E-state index is 10.7. The smallest absolute Gasteiger partial charge is 0.0692 e. The fourth-order valence-electron chi connectivity index (χ4n) is 3.23. The molecule has 0 aliphatic carbocycles. The van der Waals surface area contributed by atoms with Gasteiger partial charge in [-0.2, -0.15) is 5.10 Å². The van der Waals surface area contributed by atoms with E-state index in [1.54, 1.807) is 0 Å². The molecule has 0 aromatic heterocycles. The van der Waals surface area contributed by atoms with Crippen LogP contribution in [0.2, 0.25) is 0 Å². The van der Waals surface area contributed by atoms with Crippen molar-refractivity contribution in [3.05, 3.63) is 29.8 Å². The third-order valence-electron chi connectivity index (χ3n) is 4.44. The SMILES string of the molecule is OCc1cccc(N2N=CCC2CC2(O)CCNCC2)c1. The second-order valence-electron chi connectivity index (χ2n) is 6.04. The summed E-state index contributed by atoms with van der Waals surface area (Å²) < 4.78 is 0. The zero-order chi connectivity index (χ0) is 14.7. The number of nitrogens with zero attached hydrogens (tertiary/aromatic N) is 2. The third kappa shape index (κ3) is 3.26. The number of hydrogen-bond donors (Lipinski definition) is 3. The first-order chi connectivity index (χ1) is 10.2. The van der Waals surface area contributed by atoms with Crippen LogP contribution in [0.15, 0.2) is 29.4 Å². The summed E-state index contributed by atoms with van der Waals surface area (Å²) in [5.41, 5.74) is 1.28. The highest BCUT2D eigenvalue weighted by atomic mass is 16.3. The fraction of sp³-hybridized carbons (Fsp3) is 0.562. The number of hydrogen-bond acceptors (Lipinski definition) is 5.